The van der Waals surface area contributed by atoms with E-state index in [1.54, 1.807) is 6.07 Å². The molecule has 1 amide bonds. The van der Waals surface area contributed by atoms with Gasteiger partial charge in [-0.2, -0.15) is 4.98 Å². The van der Waals surface area contributed by atoms with Gasteiger partial charge in [0.15, 0.2) is 5.82 Å². The smallest absolute Gasteiger partial charge is 0.268 e. The number of carbonyl (C=O) groups is 1. The standard InChI is InChI=1S/C15H16N4O2S/c1-10(2)19-7-3-5-11(19)14(20)16-9-13-17-15(21-18-13)12-6-4-8-22-12/h3-8,10H,9H2,1-2H3,(H,16,20). The van der Waals surface area contributed by atoms with Gasteiger partial charge in [-0.1, -0.05) is 11.2 Å². The van der Waals surface area contributed by atoms with Gasteiger partial charge in [0.2, 0.25) is 0 Å². The lowest BCUT2D eigenvalue weighted by molar-refractivity contribution is 0.0939. The number of rotatable bonds is 5. The van der Waals surface area contributed by atoms with Crippen molar-refractivity contribution >= 4 is 17.2 Å². The second-order valence-corrected chi connectivity index (χ2v) is 6.02. The molecule has 0 spiro atoms. The molecule has 0 saturated carbocycles. The van der Waals surface area contributed by atoms with E-state index in [0.717, 1.165) is 4.88 Å². The van der Waals surface area contributed by atoms with Gasteiger partial charge in [0.25, 0.3) is 11.8 Å². The molecule has 3 aromatic heterocycles. The molecular weight excluding hydrogens is 300 g/mol. The van der Waals surface area contributed by atoms with Crippen molar-refractivity contribution in [1.82, 2.24) is 20.0 Å². The molecule has 114 valence electrons. The van der Waals surface area contributed by atoms with Crippen molar-refractivity contribution in [3.05, 3.63) is 47.4 Å². The molecule has 3 aromatic rings. The molecule has 0 bridgehead atoms. The van der Waals surface area contributed by atoms with Crippen LogP contribution in [0.4, 0.5) is 0 Å². The topological polar surface area (TPSA) is 73.0 Å². The Labute approximate surface area is 131 Å². The SMILES string of the molecule is CC(C)n1cccc1C(=O)NCc1noc(-c2cccs2)n1. The summed E-state index contributed by atoms with van der Waals surface area (Å²) in [5, 5.41) is 8.64. The van der Waals surface area contributed by atoms with Crippen molar-refractivity contribution in [3.63, 3.8) is 0 Å². The minimum Gasteiger partial charge on any atom is -0.343 e. The lowest BCUT2D eigenvalue weighted by Gasteiger charge is -2.12. The fourth-order valence-corrected chi connectivity index (χ4v) is 2.76. The van der Waals surface area contributed by atoms with E-state index in [9.17, 15) is 4.79 Å². The van der Waals surface area contributed by atoms with Crippen LogP contribution in [-0.4, -0.2) is 20.6 Å². The summed E-state index contributed by atoms with van der Waals surface area (Å²) >= 11 is 1.53. The molecule has 0 aliphatic rings. The first kappa shape index (κ1) is 14.5. The van der Waals surface area contributed by atoms with Crippen LogP contribution < -0.4 is 5.32 Å². The normalized spacial score (nSPS) is 11.0. The molecule has 0 fully saturated rings. The van der Waals surface area contributed by atoms with E-state index in [4.69, 9.17) is 4.52 Å². The third-order valence-corrected chi connectivity index (χ3v) is 4.03. The zero-order chi connectivity index (χ0) is 15.5. The van der Waals surface area contributed by atoms with Gasteiger partial charge in [-0.3, -0.25) is 4.79 Å². The first-order valence-corrected chi connectivity index (χ1v) is 7.84. The summed E-state index contributed by atoms with van der Waals surface area (Å²) in [7, 11) is 0. The highest BCUT2D eigenvalue weighted by Gasteiger charge is 2.14. The summed E-state index contributed by atoms with van der Waals surface area (Å²) in [6.07, 6.45) is 1.89. The highest BCUT2D eigenvalue weighted by Crippen LogP contribution is 2.22. The van der Waals surface area contributed by atoms with Crippen LogP contribution in [0.3, 0.4) is 0 Å². The van der Waals surface area contributed by atoms with Gasteiger partial charge < -0.3 is 14.4 Å². The third-order valence-electron chi connectivity index (χ3n) is 3.18. The van der Waals surface area contributed by atoms with Crippen molar-refractivity contribution in [2.75, 3.05) is 0 Å². The van der Waals surface area contributed by atoms with Crippen LogP contribution in [0.5, 0.6) is 0 Å². The maximum Gasteiger partial charge on any atom is 0.268 e. The van der Waals surface area contributed by atoms with Crippen LogP contribution in [0.2, 0.25) is 0 Å². The number of amides is 1. The number of nitrogens with zero attached hydrogens (tertiary/aromatic N) is 3. The maximum absolute atomic E-state index is 12.2. The lowest BCUT2D eigenvalue weighted by atomic mass is 10.3. The van der Waals surface area contributed by atoms with Crippen molar-refractivity contribution in [3.8, 4) is 10.8 Å². The number of carbonyl (C=O) groups excluding carboxylic acids is 1. The van der Waals surface area contributed by atoms with Crippen molar-refractivity contribution in [1.29, 1.82) is 0 Å². The Morgan fingerprint density at radius 1 is 1.41 bits per heavy atom. The van der Waals surface area contributed by atoms with Crippen LogP contribution in [-0.2, 0) is 6.54 Å². The van der Waals surface area contributed by atoms with Crippen LogP contribution in [0.15, 0.2) is 40.4 Å². The predicted molar refractivity (Wildman–Crippen MR) is 83.6 cm³/mol. The molecule has 0 radical (unpaired) electrons. The predicted octanol–water partition coefficient (Wildman–Crippen LogP) is 3.11. The summed E-state index contributed by atoms with van der Waals surface area (Å²) in [6.45, 7) is 4.30. The fourth-order valence-electron chi connectivity index (χ4n) is 2.11. The second-order valence-electron chi connectivity index (χ2n) is 5.07. The van der Waals surface area contributed by atoms with Crippen LogP contribution >= 0.6 is 11.3 Å². The molecule has 1 N–H and O–H groups in total. The Morgan fingerprint density at radius 2 is 2.27 bits per heavy atom. The van der Waals surface area contributed by atoms with Gasteiger partial charge in [0.05, 0.1) is 11.4 Å². The summed E-state index contributed by atoms with van der Waals surface area (Å²) in [5.41, 5.74) is 0.622. The number of aromatic nitrogens is 3. The van der Waals surface area contributed by atoms with E-state index in [0.29, 0.717) is 17.4 Å². The first-order valence-electron chi connectivity index (χ1n) is 6.96. The maximum atomic E-state index is 12.2. The summed E-state index contributed by atoms with van der Waals surface area (Å²) in [6, 6.07) is 7.72. The molecule has 22 heavy (non-hydrogen) atoms. The van der Waals surface area contributed by atoms with Crippen LogP contribution in [0, 0.1) is 0 Å². The summed E-state index contributed by atoms with van der Waals surface area (Å²) in [4.78, 5) is 17.4. The monoisotopic (exact) mass is 316 g/mol. The zero-order valence-corrected chi connectivity index (χ0v) is 13.1. The Balaban J connectivity index is 1.65. The van der Waals surface area contributed by atoms with E-state index in [1.165, 1.54) is 11.3 Å². The number of hydrogen-bond acceptors (Lipinski definition) is 5. The highest BCUT2D eigenvalue weighted by molar-refractivity contribution is 7.13. The van der Waals surface area contributed by atoms with Gasteiger partial charge in [0.1, 0.15) is 5.69 Å². The van der Waals surface area contributed by atoms with E-state index < -0.39 is 0 Å². The number of nitrogens with one attached hydrogen (secondary N) is 1. The molecule has 3 rings (SSSR count). The fraction of sp³-hybridized carbons (Fsp3) is 0.267. The summed E-state index contributed by atoms with van der Waals surface area (Å²) in [5.74, 6) is 0.783. The second kappa shape index (κ2) is 6.15. The Hall–Kier alpha value is -2.41. The van der Waals surface area contributed by atoms with Crippen molar-refractivity contribution < 1.29 is 9.32 Å². The van der Waals surface area contributed by atoms with Gasteiger partial charge in [-0.25, -0.2) is 0 Å². The largest absolute Gasteiger partial charge is 0.343 e. The Morgan fingerprint density at radius 3 is 3.00 bits per heavy atom. The van der Waals surface area contributed by atoms with Gasteiger partial charge in [-0.15, -0.1) is 11.3 Å². The Kier molecular flexibility index (Phi) is 4.06. The highest BCUT2D eigenvalue weighted by atomic mass is 32.1. The first-order chi connectivity index (χ1) is 10.6. The molecule has 0 saturated heterocycles. The number of hydrogen-bond donors (Lipinski definition) is 1. The van der Waals surface area contributed by atoms with Gasteiger partial charge >= 0.3 is 0 Å². The number of thiophene rings is 1. The average molecular weight is 316 g/mol. The quantitative estimate of drug-likeness (QED) is 0.785. The molecule has 0 aromatic carbocycles. The third kappa shape index (κ3) is 2.94. The molecule has 0 aliphatic heterocycles. The van der Waals surface area contributed by atoms with E-state index in [1.807, 2.05) is 48.2 Å². The lowest BCUT2D eigenvalue weighted by Crippen LogP contribution is -2.26. The van der Waals surface area contributed by atoms with Crippen molar-refractivity contribution in [2.24, 2.45) is 0 Å². The molecule has 0 unspecified atom stereocenters. The molecule has 0 atom stereocenters. The van der Waals surface area contributed by atoms with E-state index in [2.05, 4.69) is 15.5 Å². The van der Waals surface area contributed by atoms with Gasteiger partial charge in [0, 0.05) is 12.2 Å². The Bertz CT molecular complexity index is 758. The zero-order valence-electron chi connectivity index (χ0n) is 12.3. The van der Waals surface area contributed by atoms with Gasteiger partial charge in [-0.05, 0) is 37.4 Å². The van der Waals surface area contributed by atoms with Crippen LogP contribution in [0.25, 0.3) is 10.8 Å². The molecule has 0 aliphatic carbocycles. The minimum absolute atomic E-state index is 0.152. The minimum atomic E-state index is -0.152. The molecule has 6 nitrogen and oxygen atoms in total. The summed E-state index contributed by atoms with van der Waals surface area (Å²) < 4.78 is 7.11. The average Bonchev–Trinajstić information content (AvgIpc) is 3.23. The van der Waals surface area contributed by atoms with E-state index in [-0.39, 0.29) is 18.5 Å². The molecular formula is C15H16N4O2S. The molecule has 3 heterocycles. The molecule has 7 heteroatoms. The van der Waals surface area contributed by atoms with E-state index >= 15 is 0 Å². The van der Waals surface area contributed by atoms with Crippen molar-refractivity contribution in [2.45, 2.75) is 26.4 Å². The van der Waals surface area contributed by atoms with Crippen LogP contribution in [0.1, 0.15) is 36.2 Å².